The summed E-state index contributed by atoms with van der Waals surface area (Å²) in [5.41, 5.74) is 13.3. The zero-order valence-electron chi connectivity index (χ0n) is 12.8. The number of nitrogens with zero attached hydrogens (tertiary/aromatic N) is 2. The van der Waals surface area contributed by atoms with Gasteiger partial charge in [-0.1, -0.05) is 25.0 Å². The van der Waals surface area contributed by atoms with E-state index < -0.39 is 11.4 Å². The molecule has 5 heteroatoms. The second-order valence-corrected chi connectivity index (χ2v) is 6.21. The van der Waals surface area contributed by atoms with Crippen LogP contribution in [0.15, 0.2) is 36.4 Å². The molecule has 0 aliphatic heterocycles. The maximum Gasteiger partial charge on any atom is 0.146 e. The number of hydrogen-bond donors (Lipinski definition) is 2. The summed E-state index contributed by atoms with van der Waals surface area (Å²) in [5.74, 6) is 0.242. The molecule has 4 nitrogen and oxygen atoms in total. The summed E-state index contributed by atoms with van der Waals surface area (Å²) in [6.45, 7) is 0. The van der Waals surface area contributed by atoms with Crippen molar-refractivity contribution in [3.63, 3.8) is 0 Å². The molecule has 0 bridgehead atoms. The van der Waals surface area contributed by atoms with Gasteiger partial charge in [-0.25, -0.2) is 9.37 Å². The van der Waals surface area contributed by atoms with Crippen molar-refractivity contribution in [3.05, 3.63) is 59.2 Å². The van der Waals surface area contributed by atoms with Crippen LogP contribution in [0.25, 0.3) is 0 Å². The van der Waals surface area contributed by atoms with Crippen LogP contribution in [-0.2, 0) is 5.54 Å². The summed E-state index contributed by atoms with van der Waals surface area (Å²) in [7, 11) is 0. The summed E-state index contributed by atoms with van der Waals surface area (Å²) in [6.07, 6.45) is 4.12. The Hall–Kier alpha value is -2.45. The van der Waals surface area contributed by atoms with Gasteiger partial charge < -0.3 is 11.5 Å². The summed E-state index contributed by atoms with van der Waals surface area (Å²) >= 11 is 0. The molecule has 1 heterocycles. The predicted octanol–water partition coefficient (Wildman–Crippen LogP) is 3.07. The molecule has 3 rings (SSSR count). The molecular weight excluding hydrogens is 291 g/mol. The van der Waals surface area contributed by atoms with Gasteiger partial charge in [0, 0.05) is 0 Å². The number of hydrogen-bond acceptors (Lipinski definition) is 4. The first-order valence-electron chi connectivity index (χ1n) is 7.75. The minimum Gasteiger partial charge on any atom is -0.396 e. The Morgan fingerprint density at radius 3 is 2.74 bits per heavy atom. The minimum absolute atomic E-state index is 0.0696. The highest BCUT2D eigenvalue weighted by atomic mass is 19.1. The molecule has 1 atom stereocenters. The molecule has 4 N–H and O–H groups in total. The van der Waals surface area contributed by atoms with E-state index in [0.717, 1.165) is 12.0 Å². The van der Waals surface area contributed by atoms with Crippen molar-refractivity contribution in [2.45, 2.75) is 31.2 Å². The molecule has 1 aliphatic carbocycles. The molecule has 1 aromatic carbocycles. The van der Waals surface area contributed by atoms with Gasteiger partial charge in [0.15, 0.2) is 0 Å². The van der Waals surface area contributed by atoms with Crippen molar-refractivity contribution in [1.29, 1.82) is 5.26 Å². The Bertz CT molecular complexity index is 764. The molecule has 1 aliphatic rings. The third-order valence-corrected chi connectivity index (χ3v) is 4.48. The molecule has 0 spiro atoms. The quantitative estimate of drug-likeness (QED) is 0.831. The highest BCUT2D eigenvalue weighted by Crippen LogP contribution is 2.39. The number of pyridine rings is 1. The van der Waals surface area contributed by atoms with E-state index >= 15 is 0 Å². The lowest BCUT2D eigenvalue weighted by atomic mass is 9.82. The van der Waals surface area contributed by atoms with Crippen molar-refractivity contribution in [3.8, 4) is 6.07 Å². The van der Waals surface area contributed by atoms with Crippen LogP contribution in [0.5, 0.6) is 0 Å². The van der Waals surface area contributed by atoms with E-state index in [1.165, 1.54) is 18.9 Å². The first-order chi connectivity index (χ1) is 11.0. The number of halogens is 1. The first-order valence-corrected chi connectivity index (χ1v) is 7.75. The number of benzene rings is 1. The van der Waals surface area contributed by atoms with Crippen LogP contribution in [0.2, 0.25) is 0 Å². The molecule has 0 amide bonds. The van der Waals surface area contributed by atoms with E-state index in [4.69, 9.17) is 16.7 Å². The molecule has 1 unspecified atom stereocenters. The predicted molar refractivity (Wildman–Crippen MR) is 86.7 cm³/mol. The summed E-state index contributed by atoms with van der Waals surface area (Å²) in [6, 6.07) is 11.8. The van der Waals surface area contributed by atoms with Crippen LogP contribution in [-0.4, -0.2) is 4.98 Å². The van der Waals surface area contributed by atoms with Crippen LogP contribution in [0.3, 0.4) is 0 Å². The van der Waals surface area contributed by atoms with Crippen molar-refractivity contribution in [2.24, 2.45) is 11.7 Å². The van der Waals surface area contributed by atoms with Crippen LogP contribution in [0.4, 0.5) is 10.1 Å². The fourth-order valence-corrected chi connectivity index (χ4v) is 2.83. The largest absolute Gasteiger partial charge is 0.396 e. The Morgan fingerprint density at radius 2 is 2.09 bits per heavy atom. The lowest BCUT2D eigenvalue weighted by Gasteiger charge is -2.30. The Labute approximate surface area is 134 Å². The molecule has 2 aromatic rings. The van der Waals surface area contributed by atoms with Gasteiger partial charge in [-0.2, -0.15) is 5.26 Å². The number of aromatic nitrogens is 1. The van der Waals surface area contributed by atoms with Gasteiger partial charge in [0.25, 0.3) is 0 Å². The Morgan fingerprint density at radius 1 is 1.30 bits per heavy atom. The third-order valence-electron chi connectivity index (χ3n) is 4.48. The van der Waals surface area contributed by atoms with Crippen molar-refractivity contribution in [2.75, 3.05) is 5.73 Å². The summed E-state index contributed by atoms with van der Waals surface area (Å²) in [5, 5.41) is 9.08. The maximum absolute atomic E-state index is 13.5. The molecule has 118 valence electrons. The van der Waals surface area contributed by atoms with Crippen LogP contribution >= 0.6 is 0 Å². The molecule has 0 saturated heterocycles. The van der Waals surface area contributed by atoms with Crippen LogP contribution in [0.1, 0.15) is 42.6 Å². The number of nitriles is 1. The van der Waals surface area contributed by atoms with E-state index in [2.05, 4.69) is 4.98 Å². The summed E-state index contributed by atoms with van der Waals surface area (Å²) in [4.78, 5) is 4.37. The van der Waals surface area contributed by atoms with Gasteiger partial charge >= 0.3 is 0 Å². The van der Waals surface area contributed by atoms with E-state index in [0.29, 0.717) is 23.7 Å². The number of nitrogen functional groups attached to an aromatic ring is 1. The molecule has 1 fully saturated rings. The molecule has 23 heavy (non-hydrogen) atoms. The zero-order chi connectivity index (χ0) is 16.4. The first kappa shape index (κ1) is 15.4. The number of anilines is 1. The normalized spacial score (nSPS) is 16.6. The smallest absolute Gasteiger partial charge is 0.146 e. The van der Waals surface area contributed by atoms with E-state index in [1.54, 1.807) is 24.3 Å². The average Bonchev–Trinajstić information content (AvgIpc) is 3.39. The van der Waals surface area contributed by atoms with Crippen molar-refractivity contribution in [1.82, 2.24) is 4.98 Å². The topological polar surface area (TPSA) is 88.7 Å². The zero-order valence-corrected chi connectivity index (χ0v) is 12.8. The van der Waals surface area contributed by atoms with Gasteiger partial charge in [0.2, 0.25) is 0 Å². The van der Waals surface area contributed by atoms with Gasteiger partial charge in [0.1, 0.15) is 17.6 Å². The number of rotatable bonds is 5. The van der Waals surface area contributed by atoms with Gasteiger partial charge in [-0.05, 0) is 48.6 Å². The van der Waals surface area contributed by atoms with Crippen molar-refractivity contribution < 1.29 is 4.39 Å². The fourth-order valence-electron chi connectivity index (χ4n) is 2.83. The average molecular weight is 310 g/mol. The lowest BCUT2D eigenvalue weighted by Crippen LogP contribution is -2.39. The molecular formula is C18H19FN4. The number of nitrogens with two attached hydrogens (primary N) is 2. The third kappa shape index (κ3) is 3.17. The Kier molecular flexibility index (Phi) is 4.01. The fraction of sp³-hybridized carbons (Fsp3) is 0.333. The van der Waals surface area contributed by atoms with E-state index in [9.17, 15) is 4.39 Å². The van der Waals surface area contributed by atoms with Crippen LogP contribution in [0, 0.1) is 23.1 Å². The standard InChI is InChI=1S/C18H19FN4/c19-15-7-6-13(10-16(15)21)18(22,9-8-12-4-5-12)17-3-1-2-14(11-20)23-17/h1-3,6-7,10,12H,4-5,8-9,21-22H2. The van der Waals surface area contributed by atoms with Gasteiger partial charge in [0.05, 0.1) is 16.9 Å². The molecule has 0 radical (unpaired) electrons. The van der Waals surface area contributed by atoms with E-state index in [-0.39, 0.29) is 5.69 Å². The SMILES string of the molecule is N#Cc1cccc(C(N)(CCC2CC2)c2ccc(F)c(N)c2)n1. The second-order valence-electron chi connectivity index (χ2n) is 6.21. The summed E-state index contributed by atoms with van der Waals surface area (Å²) < 4.78 is 13.5. The second kappa shape index (κ2) is 5.98. The molecule has 1 aromatic heterocycles. The highest BCUT2D eigenvalue weighted by Gasteiger charge is 2.34. The van der Waals surface area contributed by atoms with E-state index in [1.807, 2.05) is 12.1 Å². The van der Waals surface area contributed by atoms with Crippen LogP contribution < -0.4 is 11.5 Å². The van der Waals surface area contributed by atoms with Gasteiger partial charge in [-0.3, -0.25) is 0 Å². The Balaban J connectivity index is 2.04. The maximum atomic E-state index is 13.5. The van der Waals surface area contributed by atoms with Crippen molar-refractivity contribution >= 4 is 5.69 Å². The lowest BCUT2D eigenvalue weighted by molar-refractivity contribution is 0.443. The van der Waals surface area contributed by atoms with Gasteiger partial charge in [-0.15, -0.1) is 0 Å². The minimum atomic E-state index is -0.878. The highest BCUT2D eigenvalue weighted by molar-refractivity contribution is 5.47. The monoisotopic (exact) mass is 310 g/mol. The molecule has 1 saturated carbocycles.